The summed E-state index contributed by atoms with van der Waals surface area (Å²) in [5.41, 5.74) is -1.05. The first kappa shape index (κ1) is 13.6. The van der Waals surface area contributed by atoms with Gasteiger partial charge in [0.15, 0.2) is 0 Å². The van der Waals surface area contributed by atoms with Crippen LogP contribution in [0.3, 0.4) is 0 Å². The largest absolute Gasteiger partial charge is 0.347 e. The number of aromatic amines is 1. The zero-order chi connectivity index (χ0) is 14.7. The first-order valence-electron chi connectivity index (χ1n) is 5.38. The standard InChI is InChI=1S/C11H8F2N4O3/c12-8-2-10(17(19)20)9(13)1-7(8)11(18)15-4-6-3-14-5-16-6/h1-3,5H,4H2,(H,14,16)(H,15,18). The Labute approximate surface area is 110 Å². The quantitative estimate of drug-likeness (QED) is 0.655. The Kier molecular flexibility index (Phi) is 3.69. The molecular formula is C11H8F2N4O3. The molecule has 1 aromatic heterocycles. The highest BCUT2D eigenvalue weighted by Crippen LogP contribution is 2.21. The molecule has 0 spiro atoms. The van der Waals surface area contributed by atoms with E-state index in [0.717, 1.165) is 0 Å². The lowest BCUT2D eigenvalue weighted by molar-refractivity contribution is -0.387. The minimum atomic E-state index is -1.27. The number of imidazole rings is 1. The van der Waals surface area contributed by atoms with Gasteiger partial charge in [0.05, 0.1) is 35.1 Å². The number of aromatic nitrogens is 2. The highest BCUT2D eigenvalue weighted by Gasteiger charge is 2.21. The summed E-state index contributed by atoms with van der Waals surface area (Å²) in [5.74, 6) is -3.32. The maximum atomic E-state index is 13.6. The summed E-state index contributed by atoms with van der Waals surface area (Å²) in [6.07, 6.45) is 2.85. The SMILES string of the molecule is O=C(NCc1cnc[nH]1)c1cc(F)c([N+](=O)[O-])cc1F. The summed E-state index contributed by atoms with van der Waals surface area (Å²) in [5, 5.41) is 12.8. The Hall–Kier alpha value is -2.84. The van der Waals surface area contributed by atoms with Gasteiger partial charge in [0.2, 0.25) is 5.82 Å². The van der Waals surface area contributed by atoms with Crippen molar-refractivity contribution in [1.29, 1.82) is 0 Å². The minimum Gasteiger partial charge on any atom is -0.347 e. The van der Waals surface area contributed by atoms with Gasteiger partial charge >= 0.3 is 5.69 Å². The first-order chi connectivity index (χ1) is 9.49. The third-order valence-electron chi connectivity index (χ3n) is 2.47. The van der Waals surface area contributed by atoms with Crippen molar-refractivity contribution in [3.8, 4) is 0 Å². The molecule has 2 N–H and O–H groups in total. The highest BCUT2D eigenvalue weighted by atomic mass is 19.1. The number of nitrogens with zero attached hydrogens (tertiary/aromatic N) is 2. The van der Waals surface area contributed by atoms with E-state index in [2.05, 4.69) is 15.3 Å². The average molecular weight is 282 g/mol. The van der Waals surface area contributed by atoms with E-state index in [0.29, 0.717) is 17.8 Å². The van der Waals surface area contributed by atoms with Gasteiger partial charge in [-0.1, -0.05) is 0 Å². The molecule has 0 fully saturated rings. The summed E-state index contributed by atoms with van der Waals surface area (Å²) in [4.78, 5) is 27.5. The average Bonchev–Trinajstić information content (AvgIpc) is 2.91. The number of nitro groups is 1. The van der Waals surface area contributed by atoms with Crippen molar-refractivity contribution < 1.29 is 18.5 Å². The van der Waals surface area contributed by atoms with Crippen LogP contribution in [0.2, 0.25) is 0 Å². The van der Waals surface area contributed by atoms with Crippen molar-refractivity contribution in [2.75, 3.05) is 0 Å². The van der Waals surface area contributed by atoms with Gasteiger partial charge in [-0.05, 0) is 6.07 Å². The molecule has 2 aromatic rings. The van der Waals surface area contributed by atoms with Gasteiger partial charge in [-0.25, -0.2) is 9.37 Å². The number of hydrogen-bond donors (Lipinski definition) is 2. The van der Waals surface area contributed by atoms with E-state index in [4.69, 9.17) is 0 Å². The van der Waals surface area contributed by atoms with Gasteiger partial charge in [0.1, 0.15) is 5.82 Å². The number of benzene rings is 1. The Morgan fingerprint density at radius 2 is 2.15 bits per heavy atom. The summed E-state index contributed by atoms with van der Waals surface area (Å²) in [6.45, 7) is 0.0386. The fourth-order valence-electron chi connectivity index (χ4n) is 1.50. The Balaban J connectivity index is 2.17. The number of hydrogen-bond acceptors (Lipinski definition) is 4. The topological polar surface area (TPSA) is 101 Å². The second-order valence-corrected chi connectivity index (χ2v) is 3.80. The number of carbonyl (C=O) groups is 1. The van der Waals surface area contributed by atoms with E-state index < -0.39 is 33.7 Å². The number of nitrogens with one attached hydrogen (secondary N) is 2. The van der Waals surface area contributed by atoms with Crippen molar-refractivity contribution in [3.63, 3.8) is 0 Å². The van der Waals surface area contributed by atoms with Crippen LogP contribution in [-0.2, 0) is 6.54 Å². The summed E-state index contributed by atoms with van der Waals surface area (Å²) in [7, 11) is 0. The van der Waals surface area contributed by atoms with Crippen LogP contribution in [0.15, 0.2) is 24.7 Å². The third-order valence-corrected chi connectivity index (χ3v) is 2.47. The fraction of sp³-hybridized carbons (Fsp3) is 0.0909. The zero-order valence-electron chi connectivity index (χ0n) is 9.89. The lowest BCUT2D eigenvalue weighted by Gasteiger charge is -2.05. The molecule has 0 aliphatic carbocycles. The minimum absolute atomic E-state index is 0.0386. The number of nitro benzene ring substituents is 1. The van der Waals surface area contributed by atoms with E-state index in [9.17, 15) is 23.7 Å². The summed E-state index contributed by atoms with van der Waals surface area (Å²) in [6, 6.07) is 0.871. The molecule has 0 aliphatic rings. The molecule has 0 radical (unpaired) electrons. The molecular weight excluding hydrogens is 274 g/mol. The van der Waals surface area contributed by atoms with Gasteiger partial charge in [-0.2, -0.15) is 4.39 Å². The molecule has 0 unspecified atom stereocenters. The fourth-order valence-corrected chi connectivity index (χ4v) is 1.50. The van der Waals surface area contributed by atoms with Crippen molar-refractivity contribution in [1.82, 2.24) is 15.3 Å². The molecule has 2 rings (SSSR count). The molecule has 1 aromatic carbocycles. The van der Waals surface area contributed by atoms with Crippen LogP contribution in [0.5, 0.6) is 0 Å². The lowest BCUT2D eigenvalue weighted by atomic mass is 10.1. The van der Waals surface area contributed by atoms with Gasteiger partial charge in [0.25, 0.3) is 5.91 Å². The van der Waals surface area contributed by atoms with E-state index >= 15 is 0 Å². The van der Waals surface area contributed by atoms with Crippen molar-refractivity contribution in [2.45, 2.75) is 6.54 Å². The van der Waals surface area contributed by atoms with Crippen LogP contribution < -0.4 is 5.32 Å². The highest BCUT2D eigenvalue weighted by molar-refractivity contribution is 5.94. The Morgan fingerprint density at radius 1 is 1.40 bits per heavy atom. The van der Waals surface area contributed by atoms with Gasteiger partial charge in [-0.3, -0.25) is 14.9 Å². The van der Waals surface area contributed by atoms with E-state index in [1.807, 2.05) is 0 Å². The number of amides is 1. The first-order valence-corrected chi connectivity index (χ1v) is 5.38. The molecule has 0 saturated heterocycles. The van der Waals surface area contributed by atoms with Crippen LogP contribution in [0, 0.1) is 21.7 Å². The van der Waals surface area contributed by atoms with E-state index in [1.165, 1.54) is 12.5 Å². The van der Waals surface area contributed by atoms with Gasteiger partial charge in [-0.15, -0.1) is 0 Å². The molecule has 9 heteroatoms. The van der Waals surface area contributed by atoms with Crippen molar-refractivity contribution in [2.24, 2.45) is 0 Å². The normalized spacial score (nSPS) is 10.3. The number of halogens is 2. The van der Waals surface area contributed by atoms with Crippen LogP contribution in [0.25, 0.3) is 0 Å². The van der Waals surface area contributed by atoms with Gasteiger partial charge in [0, 0.05) is 6.20 Å². The molecule has 7 nitrogen and oxygen atoms in total. The molecule has 0 bridgehead atoms. The van der Waals surface area contributed by atoms with E-state index in [-0.39, 0.29) is 6.54 Å². The number of H-pyrrole nitrogens is 1. The molecule has 1 amide bonds. The second kappa shape index (κ2) is 5.43. The predicted molar refractivity (Wildman–Crippen MR) is 62.8 cm³/mol. The Morgan fingerprint density at radius 3 is 2.75 bits per heavy atom. The van der Waals surface area contributed by atoms with Crippen molar-refractivity contribution >= 4 is 11.6 Å². The molecule has 20 heavy (non-hydrogen) atoms. The van der Waals surface area contributed by atoms with Gasteiger partial charge < -0.3 is 10.3 Å². The number of carbonyl (C=O) groups excluding carboxylic acids is 1. The molecule has 0 saturated carbocycles. The lowest BCUT2D eigenvalue weighted by Crippen LogP contribution is -2.24. The van der Waals surface area contributed by atoms with Crippen LogP contribution in [-0.4, -0.2) is 20.8 Å². The predicted octanol–water partition coefficient (Wildman–Crippen LogP) is 1.53. The molecule has 0 atom stereocenters. The monoisotopic (exact) mass is 282 g/mol. The van der Waals surface area contributed by atoms with Crippen LogP contribution in [0.4, 0.5) is 14.5 Å². The molecule has 0 aliphatic heterocycles. The smallest absolute Gasteiger partial charge is 0.307 e. The van der Waals surface area contributed by atoms with Crippen molar-refractivity contribution in [3.05, 3.63) is 57.7 Å². The number of rotatable bonds is 4. The third kappa shape index (κ3) is 2.76. The summed E-state index contributed by atoms with van der Waals surface area (Å²) >= 11 is 0. The zero-order valence-corrected chi connectivity index (χ0v) is 9.89. The second-order valence-electron chi connectivity index (χ2n) is 3.80. The maximum absolute atomic E-state index is 13.6. The summed E-state index contributed by atoms with van der Waals surface area (Å²) < 4.78 is 26.9. The van der Waals surface area contributed by atoms with Crippen LogP contribution in [0.1, 0.15) is 16.1 Å². The van der Waals surface area contributed by atoms with E-state index in [1.54, 1.807) is 0 Å². The molecule has 104 valence electrons. The Bertz CT molecular complexity index is 658. The maximum Gasteiger partial charge on any atom is 0.307 e. The molecule has 1 heterocycles. The van der Waals surface area contributed by atoms with Crippen LogP contribution >= 0.6 is 0 Å².